The number of hydrogen-bond donors (Lipinski definition) is 2. The summed E-state index contributed by atoms with van der Waals surface area (Å²) in [7, 11) is 1.62. The van der Waals surface area contributed by atoms with Gasteiger partial charge < -0.3 is 4.74 Å². The van der Waals surface area contributed by atoms with Gasteiger partial charge in [0.25, 0.3) is 5.19 Å². The van der Waals surface area contributed by atoms with Gasteiger partial charge in [-0.05, 0) is 34.7 Å². The lowest BCUT2D eigenvalue weighted by Crippen LogP contribution is -2.48. The summed E-state index contributed by atoms with van der Waals surface area (Å²) in [5.74, 6) is 0.316. The van der Waals surface area contributed by atoms with E-state index in [-0.39, 0.29) is 6.61 Å². The molecule has 2 N–H and O–H groups in total. The second-order valence-corrected chi connectivity index (χ2v) is 6.22. The molecule has 0 saturated carbocycles. The molecule has 1 aromatic rings. The van der Waals surface area contributed by atoms with Gasteiger partial charge in [0, 0.05) is 18.8 Å². The number of nitrogens with zero attached hydrogens (tertiary/aromatic N) is 5. The molecule has 0 radical (unpaired) electrons. The Bertz CT molecular complexity index is 525. The summed E-state index contributed by atoms with van der Waals surface area (Å²) in [6.45, 7) is 1.93. The molecule has 1 aromatic heterocycles. The Balaban J connectivity index is 2.65. The van der Waals surface area contributed by atoms with Crippen molar-refractivity contribution in [1.29, 1.82) is 0 Å². The third-order valence-corrected chi connectivity index (χ3v) is 3.81. The first-order valence-corrected chi connectivity index (χ1v) is 8.47. The lowest BCUT2D eigenvalue weighted by Gasteiger charge is -2.18. The molecule has 1 rings (SSSR count). The number of aromatic nitrogens is 1. The summed E-state index contributed by atoms with van der Waals surface area (Å²) in [6, 6.07) is 0. The summed E-state index contributed by atoms with van der Waals surface area (Å²) in [6.07, 6.45) is 0.876. The van der Waals surface area contributed by atoms with Gasteiger partial charge in [0.05, 0.1) is 6.61 Å². The van der Waals surface area contributed by atoms with E-state index < -0.39 is 5.50 Å². The van der Waals surface area contributed by atoms with Crippen molar-refractivity contribution in [1.82, 2.24) is 21.0 Å². The van der Waals surface area contributed by atoms with Gasteiger partial charge in [-0.2, -0.15) is 10.5 Å². The number of amides is 1. The highest BCUT2D eigenvalue weighted by Crippen LogP contribution is 2.19. The largest absolute Gasteiger partial charge is 0.470 e. The Morgan fingerprint density at radius 1 is 1.73 bits per heavy atom. The molecule has 0 fully saturated rings. The van der Waals surface area contributed by atoms with Crippen molar-refractivity contribution in [2.45, 2.75) is 18.8 Å². The summed E-state index contributed by atoms with van der Waals surface area (Å²) in [4.78, 5) is 15.2. The molecule has 0 aromatic carbocycles. The van der Waals surface area contributed by atoms with Crippen molar-refractivity contribution in [3.63, 3.8) is 0 Å². The minimum atomic E-state index is -0.499. The maximum absolute atomic E-state index is 11.1. The second-order valence-electron chi connectivity index (χ2n) is 3.67. The molecule has 1 unspecified atom stereocenters. The van der Waals surface area contributed by atoms with Crippen molar-refractivity contribution in [3.8, 4) is 5.19 Å². The van der Waals surface area contributed by atoms with Crippen LogP contribution in [0.15, 0.2) is 20.8 Å². The van der Waals surface area contributed by atoms with Crippen molar-refractivity contribution in [3.05, 3.63) is 9.08 Å². The van der Waals surface area contributed by atoms with Gasteiger partial charge >= 0.3 is 0 Å². The number of ether oxygens (including phenoxy) is 1. The summed E-state index contributed by atoms with van der Waals surface area (Å²) >= 11 is 9.15. The number of nitrogens with one attached hydrogen (secondary N) is 2. The van der Waals surface area contributed by atoms with Crippen LogP contribution in [-0.4, -0.2) is 41.4 Å². The van der Waals surface area contributed by atoms with Gasteiger partial charge in [-0.15, -0.1) is 10.2 Å². The van der Waals surface area contributed by atoms with Crippen LogP contribution in [0.25, 0.3) is 0 Å². The van der Waals surface area contributed by atoms with E-state index in [1.807, 2.05) is 5.38 Å². The lowest BCUT2D eigenvalue weighted by atomic mass is 10.4. The molecule has 1 amide bonds. The average Bonchev–Trinajstić information content (AvgIpc) is 2.88. The van der Waals surface area contributed by atoms with Gasteiger partial charge in [0.15, 0.2) is 5.84 Å². The molecule has 1 atom stereocenters. The van der Waals surface area contributed by atoms with Crippen LogP contribution in [0, 0.1) is 3.70 Å². The van der Waals surface area contributed by atoms with Crippen molar-refractivity contribution >= 4 is 57.8 Å². The molecule has 1 heterocycles. The molecule has 0 bridgehead atoms. The minimum absolute atomic E-state index is 0.282. The number of halogens is 2. The van der Waals surface area contributed by atoms with E-state index in [0.717, 1.165) is 8.71 Å². The third-order valence-electron chi connectivity index (χ3n) is 1.99. The normalized spacial score (nSPS) is 13.4. The minimum Gasteiger partial charge on any atom is -0.470 e. The second kappa shape index (κ2) is 10.8. The molecule has 122 valence electrons. The van der Waals surface area contributed by atoms with Gasteiger partial charge in [0.2, 0.25) is 6.41 Å². The van der Waals surface area contributed by atoms with E-state index in [2.05, 4.69) is 54.0 Å². The van der Waals surface area contributed by atoms with Crippen molar-refractivity contribution < 1.29 is 9.53 Å². The van der Waals surface area contributed by atoms with Crippen LogP contribution in [0.5, 0.6) is 5.19 Å². The molecule has 12 heteroatoms. The molecule has 0 aliphatic carbocycles. The van der Waals surface area contributed by atoms with E-state index in [1.165, 1.54) is 11.3 Å². The zero-order valence-corrected chi connectivity index (χ0v) is 15.6. The van der Waals surface area contributed by atoms with E-state index >= 15 is 0 Å². The van der Waals surface area contributed by atoms with Gasteiger partial charge in [-0.1, -0.05) is 22.9 Å². The van der Waals surface area contributed by atoms with E-state index in [9.17, 15) is 4.79 Å². The molecular formula is C10H15ClIN7O2S. The van der Waals surface area contributed by atoms with E-state index in [1.54, 1.807) is 14.0 Å². The standard InChI is InChI=1S/C10H15ClIN7O2S/c1-7(11)15-17-16-9(19(6-20)18-13-2)3-4-21-10-14-8(12)5-22-10/h5-7,13,18H,3-4H2,1-2H3/b16-9+,17-15-. The Hall–Kier alpha value is -0.890. The monoisotopic (exact) mass is 459 g/mol. The number of carbonyl (C=O) groups is 1. The Kier molecular flexibility index (Phi) is 9.38. The Morgan fingerprint density at radius 3 is 3.05 bits per heavy atom. The highest BCUT2D eigenvalue weighted by Gasteiger charge is 2.11. The van der Waals surface area contributed by atoms with Gasteiger partial charge in [-0.3, -0.25) is 4.79 Å². The van der Waals surface area contributed by atoms with Crippen LogP contribution in [0.2, 0.25) is 0 Å². The fourth-order valence-electron chi connectivity index (χ4n) is 1.17. The Morgan fingerprint density at radius 2 is 2.50 bits per heavy atom. The number of thiazole rings is 1. The predicted octanol–water partition coefficient (Wildman–Crippen LogP) is 1.96. The molecular weight excluding hydrogens is 445 g/mol. The van der Waals surface area contributed by atoms with Crippen LogP contribution < -0.4 is 15.7 Å². The summed E-state index contributed by atoms with van der Waals surface area (Å²) in [5, 5.41) is 14.7. The average molecular weight is 460 g/mol. The zero-order chi connectivity index (χ0) is 16.4. The highest BCUT2D eigenvalue weighted by molar-refractivity contribution is 14.1. The first kappa shape index (κ1) is 19.2. The SMILES string of the molecule is CNNN(C=O)/C(CCOc1nc(I)cs1)=N/N=N\C(C)Cl. The van der Waals surface area contributed by atoms with Gasteiger partial charge in [-0.25, -0.2) is 10.4 Å². The zero-order valence-electron chi connectivity index (χ0n) is 11.9. The summed E-state index contributed by atoms with van der Waals surface area (Å²) < 4.78 is 6.35. The summed E-state index contributed by atoms with van der Waals surface area (Å²) in [5.41, 5.74) is 4.73. The number of carbonyl (C=O) groups excluding carboxylic acids is 1. The molecule has 0 aliphatic rings. The van der Waals surface area contributed by atoms with E-state index in [0.29, 0.717) is 23.9 Å². The first-order valence-electron chi connectivity index (χ1n) is 6.08. The number of amidine groups is 1. The third kappa shape index (κ3) is 7.40. The van der Waals surface area contributed by atoms with Gasteiger partial charge in [0.1, 0.15) is 9.20 Å². The highest BCUT2D eigenvalue weighted by atomic mass is 127. The molecule has 0 saturated heterocycles. The smallest absolute Gasteiger partial charge is 0.274 e. The molecule has 9 nitrogen and oxygen atoms in total. The lowest BCUT2D eigenvalue weighted by molar-refractivity contribution is -0.117. The number of rotatable bonds is 9. The predicted molar refractivity (Wildman–Crippen MR) is 92.6 cm³/mol. The first-order chi connectivity index (χ1) is 10.6. The fourth-order valence-corrected chi connectivity index (χ4v) is 2.53. The number of hydrogen-bond acceptors (Lipinski definition) is 8. The molecule has 0 aliphatic heterocycles. The number of hydrazine groups is 2. The van der Waals surface area contributed by atoms with Crippen LogP contribution in [0.3, 0.4) is 0 Å². The maximum Gasteiger partial charge on any atom is 0.274 e. The maximum atomic E-state index is 11.1. The van der Waals surface area contributed by atoms with Crippen molar-refractivity contribution in [2.75, 3.05) is 13.7 Å². The Labute approximate surface area is 150 Å². The quantitative estimate of drug-likeness (QED) is 0.0859. The fraction of sp³-hybridized carbons (Fsp3) is 0.500. The number of alkyl halides is 1. The van der Waals surface area contributed by atoms with Crippen LogP contribution in [0.1, 0.15) is 13.3 Å². The molecule has 22 heavy (non-hydrogen) atoms. The van der Waals surface area contributed by atoms with Crippen LogP contribution >= 0.6 is 45.5 Å². The van der Waals surface area contributed by atoms with E-state index in [4.69, 9.17) is 16.3 Å². The topological polar surface area (TPSA) is 104 Å². The molecule has 0 spiro atoms. The van der Waals surface area contributed by atoms with Crippen molar-refractivity contribution in [2.24, 2.45) is 15.4 Å². The van der Waals surface area contributed by atoms with Crippen LogP contribution in [0.4, 0.5) is 0 Å². The van der Waals surface area contributed by atoms with Crippen LogP contribution in [-0.2, 0) is 4.79 Å².